The molecule has 1 saturated heterocycles. The average molecular weight is 143 g/mol. The van der Waals surface area contributed by atoms with Gasteiger partial charge in [0.1, 0.15) is 18.9 Å². The summed E-state index contributed by atoms with van der Waals surface area (Å²) in [6, 6.07) is 0. The Hall–Kier alpha value is -0.590. The summed E-state index contributed by atoms with van der Waals surface area (Å²) < 4.78 is 17.6. The molecule has 2 unspecified atom stereocenters. The molecule has 0 aliphatic carbocycles. The molecule has 1 heterocycles. The Labute approximate surface area is 59.8 Å². The zero-order valence-electron chi connectivity index (χ0n) is 5.64. The van der Waals surface area contributed by atoms with Crippen LogP contribution in [0.25, 0.3) is 0 Å². The molecule has 56 valence electrons. The minimum atomic E-state index is -0.895. The molecule has 1 fully saturated rings. The number of hydrogen-bond acceptors (Lipinski definition) is 2. The predicted octanol–water partition coefficient (Wildman–Crippen LogP) is -0.0539. The van der Waals surface area contributed by atoms with Gasteiger partial charge in [0.2, 0.25) is 0 Å². The van der Waals surface area contributed by atoms with Gasteiger partial charge in [0.15, 0.2) is 0 Å². The first-order chi connectivity index (χ1) is 4.84. The molecule has 2 nitrogen and oxygen atoms in total. The van der Waals surface area contributed by atoms with Gasteiger partial charge in [-0.1, -0.05) is 5.92 Å². The smallest absolute Gasteiger partial charge is 0.140 e. The first kappa shape index (κ1) is 7.52. The van der Waals surface area contributed by atoms with Gasteiger partial charge in [-0.3, -0.25) is 0 Å². The van der Waals surface area contributed by atoms with Crippen LogP contribution in [0.5, 0.6) is 0 Å². The number of rotatable bonds is 2. The van der Waals surface area contributed by atoms with Crippen molar-refractivity contribution in [2.45, 2.75) is 12.3 Å². The molecule has 1 N–H and O–H groups in total. The standard InChI is InChI=1S/C7H10FNO/c1-2-3-10-7-5-9-4-6(7)8/h1,6-7,9H,3-5H2. The van der Waals surface area contributed by atoms with E-state index >= 15 is 0 Å². The molecule has 10 heavy (non-hydrogen) atoms. The van der Waals surface area contributed by atoms with Gasteiger partial charge in [0.05, 0.1) is 0 Å². The van der Waals surface area contributed by atoms with Crippen LogP contribution in [-0.2, 0) is 4.74 Å². The van der Waals surface area contributed by atoms with E-state index < -0.39 is 6.17 Å². The fourth-order valence-corrected chi connectivity index (χ4v) is 0.941. The SMILES string of the molecule is C#CCOC1CNCC1F. The Balaban J connectivity index is 2.21. The molecular weight excluding hydrogens is 133 g/mol. The first-order valence-electron chi connectivity index (χ1n) is 3.24. The minimum Gasteiger partial charge on any atom is -0.361 e. The van der Waals surface area contributed by atoms with Crippen molar-refractivity contribution in [2.75, 3.05) is 19.7 Å². The molecule has 0 bridgehead atoms. The number of hydrogen-bond donors (Lipinski definition) is 1. The molecular formula is C7H10FNO. The minimum absolute atomic E-state index is 0.201. The zero-order chi connectivity index (χ0) is 7.40. The van der Waals surface area contributed by atoms with Gasteiger partial charge in [0.25, 0.3) is 0 Å². The number of terminal acetylenes is 1. The van der Waals surface area contributed by atoms with E-state index in [1.54, 1.807) is 0 Å². The second-order valence-electron chi connectivity index (χ2n) is 2.23. The van der Waals surface area contributed by atoms with Crippen LogP contribution in [0.15, 0.2) is 0 Å². The molecule has 3 heteroatoms. The van der Waals surface area contributed by atoms with Crippen LogP contribution >= 0.6 is 0 Å². The Kier molecular flexibility index (Phi) is 2.67. The van der Waals surface area contributed by atoms with E-state index in [4.69, 9.17) is 11.2 Å². The molecule has 0 aromatic rings. The summed E-state index contributed by atoms with van der Waals surface area (Å²) in [5.41, 5.74) is 0. The van der Waals surface area contributed by atoms with Crippen molar-refractivity contribution in [1.82, 2.24) is 5.32 Å². The zero-order valence-corrected chi connectivity index (χ0v) is 5.64. The van der Waals surface area contributed by atoms with E-state index in [0.29, 0.717) is 13.1 Å². The lowest BCUT2D eigenvalue weighted by Gasteiger charge is -2.09. The normalized spacial score (nSPS) is 32.0. The van der Waals surface area contributed by atoms with Crippen LogP contribution in [0.4, 0.5) is 4.39 Å². The third kappa shape index (κ3) is 1.69. The summed E-state index contributed by atoms with van der Waals surface area (Å²) in [5, 5.41) is 2.86. The van der Waals surface area contributed by atoms with Crippen LogP contribution in [-0.4, -0.2) is 32.0 Å². The van der Waals surface area contributed by atoms with E-state index in [0.717, 1.165) is 0 Å². The van der Waals surface area contributed by atoms with E-state index in [9.17, 15) is 4.39 Å². The molecule has 1 rings (SSSR count). The number of halogens is 1. The van der Waals surface area contributed by atoms with Crippen molar-refractivity contribution in [3.05, 3.63) is 0 Å². The maximum absolute atomic E-state index is 12.7. The van der Waals surface area contributed by atoms with Crippen LogP contribution in [0.3, 0.4) is 0 Å². The highest BCUT2D eigenvalue weighted by Gasteiger charge is 2.26. The van der Waals surface area contributed by atoms with Gasteiger partial charge in [-0.25, -0.2) is 4.39 Å². The Morgan fingerprint density at radius 2 is 2.50 bits per heavy atom. The van der Waals surface area contributed by atoms with Gasteiger partial charge in [0, 0.05) is 13.1 Å². The third-order valence-corrected chi connectivity index (χ3v) is 1.47. The van der Waals surface area contributed by atoms with Gasteiger partial charge in [-0.05, 0) is 0 Å². The molecule has 1 aliphatic heterocycles. The van der Waals surface area contributed by atoms with Gasteiger partial charge < -0.3 is 10.1 Å². The highest BCUT2D eigenvalue weighted by molar-refractivity contribution is 4.87. The topological polar surface area (TPSA) is 21.3 Å². The van der Waals surface area contributed by atoms with Crippen LogP contribution in [0.1, 0.15) is 0 Å². The highest BCUT2D eigenvalue weighted by atomic mass is 19.1. The molecule has 0 aromatic carbocycles. The summed E-state index contributed by atoms with van der Waals surface area (Å²) in [6.07, 6.45) is 3.70. The fraction of sp³-hybridized carbons (Fsp3) is 0.714. The number of nitrogens with one attached hydrogen (secondary N) is 1. The van der Waals surface area contributed by atoms with Crippen LogP contribution < -0.4 is 5.32 Å². The predicted molar refractivity (Wildman–Crippen MR) is 36.3 cm³/mol. The second kappa shape index (κ2) is 3.55. The number of alkyl halides is 1. The van der Waals surface area contributed by atoms with Crippen molar-refractivity contribution in [2.24, 2.45) is 0 Å². The quantitative estimate of drug-likeness (QED) is 0.547. The lowest BCUT2D eigenvalue weighted by atomic mass is 10.3. The summed E-state index contributed by atoms with van der Waals surface area (Å²) in [5.74, 6) is 2.30. The molecule has 0 amide bonds. The summed E-state index contributed by atoms with van der Waals surface area (Å²) >= 11 is 0. The highest BCUT2D eigenvalue weighted by Crippen LogP contribution is 2.07. The summed E-state index contributed by atoms with van der Waals surface area (Å²) in [6.45, 7) is 1.16. The van der Waals surface area contributed by atoms with Gasteiger partial charge in [-0.2, -0.15) is 0 Å². The van der Waals surface area contributed by atoms with Crippen molar-refractivity contribution in [1.29, 1.82) is 0 Å². The largest absolute Gasteiger partial charge is 0.361 e. The van der Waals surface area contributed by atoms with Crippen molar-refractivity contribution in [3.63, 3.8) is 0 Å². The molecule has 0 saturated carbocycles. The van der Waals surface area contributed by atoms with Crippen molar-refractivity contribution in [3.8, 4) is 12.3 Å². The molecule has 2 atom stereocenters. The van der Waals surface area contributed by atoms with Gasteiger partial charge in [-0.15, -0.1) is 6.42 Å². The summed E-state index contributed by atoms with van der Waals surface area (Å²) in [7, 11) is 0. The molecule has 1 aliphatic rings. The van der Waals surface area contributed by atoms with Crippen molar-refractivity contribution < 1.29 is 9.13 Å². The number of ether oxygens (including phenoxy) is 1. The Morgan fingerprint density at radius 3 is 3.00 bits per heavy atom. The van der Waals surface area contributed by atoms with Crippen molar-refractivity contribution >= 4 is 0 Å². The first-order valence-corrected chi connectivity index (χ1v) is 3.24. The van der Waals surface area contributed by atoms with E-state index in [1.165, 1.54) is 0 Å². The Bertz CT molecular complexity index is 143. The molecule has 0 spiro atoms. The monoisotopic (exact) mass is 143 g/mol. The second-order valence-corrected chi connectivity index (χ2v) is 2.23. The van der Waals surface area contributed by atoms with Gasteiger partial charge >= 0.3 is 0 Å². The lowest BCUT2D eigenvalue weighted by Crippen LogP contribution is -2.23. The average Bonchev–Trinajstić information content (AvgIpc) is 2.31. The fourth-order valence-electron chi connectivity index (χ4n) is 0.941. The van der Waals surface area contributed by atoms with Crippen LogP contribution in [0.2, 0.25) is 0 Å². The van der Waals surface area contributed by atoms with Crippen LogP contribution in [0, 0.1) is 12.3 Å². The Morgan fingerprint density at radius 1 is 1.70 bits per heavy atom. The van der Waals surface area contributed by atoms with E-state index in [2.05, 4.69) is 11.2 Å². The lowest BCUT2D eigenvalue weighted by molar-refractivity contribution is 0.0450. The molecule has 0 radical (unpaired) electrons. The summed E-state index contributed by atoms with van der Waals surface area (Å²) in [4.78, 5) is 0. The third-order valence-electron chi connectivity index (χ3n) is 1.47. The molecule has 0 aromatic heterocycles. The maximum Gasteiger partial charge on any atom is 0.140 e. The maximum atomic E-state index is 12.7. The van der Waals surface area contributed by atoms with E-state index in [-0.39, 0.29) is 12.7 Å². The van der Waals surface area contributed by atoms with E-state index in [1.807, 2.05) is 0 Å².